The molecular formula is C54H30BNO4. The van der Waals surface area contributed by atoms with E-state index in [0.29, 0.717) is 0 Å². The summed E-state index contributed by atoms with van der Waals surface area (Å²) in [5.41, 5.74) is 15.3. The lowest BCUT2D eigenvalue weighted by Gasteiger charge is -2.33. The smallest absolute Gasteiger partial charge is 0.434 e. The molecule has 0 fully saturated rings. The number of benzene rings is 9. The van der Waals surface area contributed by atoms with Gasteiger partial charge in [0.15, 0.2) is 0 Å². The highest BCUT2D eigenvalue weighted by molar-refractivity contribution is 6.84. The van der Waals surface area contributed by atoms with Crippen LogP contribution in [0, 0.1) is 0 Å². The molecule has 0 amide bonds. The van der Waals surface area contributed by atoms with Gasteiger partial charge in [0.1, 0.15) is 39.6 Å². The highest BCUT2D eigenvalue weighted by Gasteiger charge is 2.41. The van der Waals surface area contributed by atoms with E-state index in [9.17, 15) is 0 Å². The number of furan rings is 2. The highest BCUT2D eigenvalue weighted by Crippen LogP contribution is 2.45. The molecule has 2 aliphatic rings. The van der Waals surface area contributed by atoms with Crippen molar-refractivity contribution in [1.29, 1.82) is 0 Å². The summed E-state index contributed by atoms with van der Waals surface area (Å²) in [6, 6.07) is 64.1. The number of para-hydroxylation sites is 5. The molecule has 6 heteroatoms. The molecule has 0 spiro atoms. The molecule has 278 valence electrons. The van der Waals surface area contributed by atoms with E-state index in [0.717, 1.165) is 111 Å². The molecule has 0 aliphatic carbocycles. The Morgan fingerprint density at radius 3 is 1.97 bits per heavy atom. The number of aromatic nitrogens is 1. The van der Waals surface area contributed by atoms with Crippen LogP contribution in [0.2, 0.25) is 0 Å². The molecule has 9 aromatic carbocycles. The zero-order valence-corrected chi connectivity index (χ0v) is 32.0. The fourth-order valence-corrected chi connectivity index (χ4v) is 10.0. The summed E-state index contributed by atoms with van der Waals surface area (Å²) in [5, 5.41) is 6.66. The minimum Gasteiger partial charge on any atom is -0.551 e. The third-order valence-corrected chi connectivity index (χ3v) is 12.7. The first kappa shape index (κ1) is 32.1. The van der Waals surface area contributed by atoms with Crippen molar-refractivity contribution in [1.82, 2.24) is 4.57 Å². The molecule has 0 N–H and O–H groups in total. The average molecular weight is 768 g/mol. The standard InChI is InChI=1S/C54H30BNO4/c1-6-16-43(56-44-17-7-2-12-35(44)36-13-3-8-18-45(36)56)34(11-1)32-22-25-42-50(29-32)58-51-30-33(27-41-37-14-4-10-20-47(37)60-55(42)53(41)51)31-21-23-38-39-24-26-48-52(54(39)59-49(38)28-31)40-15-5-9-19-46(40)57-48/h1-30H. The van der Waals surface area contributed by atoms with Gasteiger partial charge in [-0.3, -0.25) is 0 Å². The Hall–Kier alpha value is -7.96. The van der Waals surface area contributed by atoms with Gasteiger partial charge < -0.3 is 22.8 Å². The Morgan fingerprint density at radius 1 is 0.400 bits per heavy atom. The van der Waals surface area contributed by atoms with Crippen molar-refractivity contribution in [3.63, 3.8) is 0 Å². The summed E-state index contributed by atoms with van der Waals surface area (Å²) in [6.07, 6.45) is 0. The van der Waals surface area contributed by atoms with Gasteiger partial charge in [-0.05, 0) is 95.1 Å². The van der Waals surface area contributed by atoms with Crippen molar-refractivity contribution in [2.45, 2.75) is 0 Å². The van der Waals surface area contributed by atoms with E-state index in [2.05, 4.69) is 156 Å². The molecule has 60 heavy (non-hydrogen) atoms. The Bertz CT molecular complexity index is 3760. The van der Waals surface area contributed by atoms with Crippen LogP contribution in [-0.2, 0) is 0 Å². The molecule has 0 radical (unpaired) electrons. The summed E-state index contributed by atoms with van der Waals surface area (Å²) in [5.74, 6) is 2.43. The Balaban J connectivity index is 0.925. The maximum absolute atomic E-state index is 7.03. The maximum Gasteiger partial charge on any atom is 0.434 e. The largest absolute Gasteiger partial charge is 0.551 e. The highest BCUT2D eigenvalue weighted by atomic mass is 16.5. The minimum absolute atomic E-state index is 0.325. The van der Waals surface area contributed by atoms with Crippen LogP contribution in [0.15, 0.2) is 191 Å². The van der Waals surface area contributed by atoms with Gasteiger partial charge in [-0.2, -0.15) is 0 Å². The number of nitrogens with zero attached hydrogens (tertiary/aromatic N) is 1. The lowest BCUT2D eigenvalue weighted by Crippen LogP contribution is -2.53. The molecule has 0 atom stereocenters. The quantitative estimate of drug-likeness (QED) is 0.168. The van der Waals surface area contributed by atoms with Crippen molar-refractivity contribution in [2.75, 3.05) is 0 Å². The van der Waals surface area contributed by atoms with Gasteiger partial charge in [0, 0.05) is 49.0 Å². The van der Waals surface area contributed by atoms with E-state index in [-0.39, 0.29) is 6.92 Å². The van der Waals surface area contributed by atoms with Crippen LogP contribution in [0.4, 0.5) is 0 Å². The van der Waals surface area contributed by atoms with Gasteiger partial charge in [-0.1, -0.05) is 109 Å². The van der Waals surface area contributed by atoms with Crippen LogP contribution in [0.1, 0.15) is 0 Å². The molecule has 3 aromatic heterocycles. The second-order valence-electron chi connectivity index (χ2n) is 15.9. The number of rotatable bonds is 3. The zero-order valence-electron chi connectivity index (χ0n) is 32.0. The van der Waals surface area contributed by atoms with E-state index in [1.165, 1.54) is 21.8 Å². The van der Waals surface area contributed by atoms with Gasteiger partial charge in [0.05, 0.1) is 22.1 Å². The predicted molar refractivity (Wildman–Crippen MR) is 244 cm³/mol. The van der Waals surface area contributed by atoms with E-state index in [1.54, 1.807) is 0 Å². The molecular weight excluding hydrogens is 737 g/mol. The Morgan fingerprint density at radius 2 is 1.10 bits per heavy atom. The summed E-state index contributed by atoms with van der Waals surface area (Å²) < 4.78 is 29.2. The molecule has 0 unspecified atom stereocenters. The van der Waals surface area contributed by atoms with Crippen molar-refractivity contribution in [2.24, 2.45) is 0 Å². The van der Waals surface area contributed by atoms with Crippen molar-refractivity contribution >= 4 is 83.5 Å². The first-order valence-corrected chi connectivity index (χ1v) is 20.3. The van der Waals surface area contributed by atoms with Gasteiger partial charge in [-0.15, -0.1) is 0 Å². The number of ether oxygens (including phenoxy) is 1. The molecule has 14 rings (SSSR count). The van der Waals surface area contributed by atoms with Crippen LogP contribution in [0.3, 0.4) is 0 Å². The normalized spacial score (nSPS) is 12.9. The zero-order chi connectivity index (χ0) is 39.1. The Kier molecular flexibility index (Phi) is 6.31. The van der Waals surface area contributed by atoms with Crippen LogP contribution in [0.5, 0.6) is 17.2 Å². The van der Waals surface area contributed by atoms with Gasteiger partial charge in [0.25, 0.3) is 0 Å². The Labute approximate surface area is 343 Å². The van der Waals surface area contributed by atoms with E-state index in [1.807, 2.05) is 30.3 Å². The van der Waals surface area contributed by atoms with E-state index < -0.39 is 0 Å². The van der Waals surface area contributed by atoms with Gasteiger partial charge in [-0.25, -0.2) is 0 Å². The van der Waals surface area contributed by atoms with Crippen LogP contribution in [-0.4, -0.2) is 11.5 Å². The summed E-state index contributed by atoms with van der Waals surface area (Å²) >= 11 is 0. The van der Waals surface area contributed by atoms with Gasteiger partial charge >= 0.3 is 6.92 Å². The fourth-order valence-electron chi connectivity index (χ4n) is 10.0. The predicted octanol–water partition coefficient (Wildman–Crippen LogP) is 13.2. The number of hydrogen-bond acceptors (Lipinski definition) is 4. The van der Waals surface area contributed by atoms with E-state index >= 15 is 0 Å². The molecule has 0 bridgehead atoms. The van der Waals surface area contributed by atoms with Crippen molar-refractivity contribution < 1.29 is 18.2 Å². The van der Waals surface area contributed by atoms with Crippen LogP contribution < -0.4 is 20.3 Å². The fraction of sp³-hybridized carbons (Fsp3) is 0. The maximum atomic E-state index is 7.03. The SMILES string of the molecule is c1ccc2c(c1)OB1c3ccc(-c4ccccc4-n4c5ccccc5c5ccccc54)cc3Oc3cc(-c4ccc5c(c4)oc4c5ccc5oc6ccccc6c54)cc-2c31. The second-order valence-corrected chi connectivity index (χ2v) is 15.9. The third kappa shape index (κ3) is 4.37. The summed E-state index contributed by atoms with van der Waals surface area (Å²) in [6.45, 7) is -0.325. The molecule has 12 aromatic rings. The molecule has 2 aliphatic heterocycles. The lowest BCUT2D eigenvalue weighted by molar-refractivity contribution is 0.480. The van der Waals surface area contributed by atoms with Crippen molar-refractivity contribution in [3.05, 3.63) is 182 Å². The number of fused-ring (bicyclic) bond motifs is 14. The minimum atomic E-state index is -0.325. The van der Waals surface area contributed by atoms with Crippen molar-refractivity contribution in [3.8, 4) is 56.3 Å². The summed E-state index contributed by atoms with van der Waals surface area (Å²) in [7, 11) is 0. The molecule has 5 nitrogen and oxygen atoms in total. The van der Waals surface area contributed by atoms with Crippen LogP contribution >= 0.6 is 0 Å². The topological polar surface area (TPSA) is 49.7 Å². The first-order chi connectivity index (χ1) is 29.7. The van der Waals surface area contributed by atoms with Crippen LogP contribution in [0.25, 0.3) is 105 Å². The molecule has 5 heterocycles. The van der Waals surface area contributed by atoms with E-state index in [4.69, 9.17) is 18.2 Å². The van der Waals surface area contributed by atoms with Gasteiger partial charge in [0.2, 0.25) is 0 Å². The third-order valence-electron chi connectivity index (χ3n) is 12.7. The summed E-state index contributed by atoms with van der Waals surface area (Å²) in [4.78, 5) is 0. The first-order valence-electron chi connectivity index (χ1n) is 20.3. The average Bonchev–Trinajstić information content (AvgIpc) is 3.98. The lowest BCUT2D eigenvalue weighted by atomic mass is 9.50. The monoisotopic (exact) mass is 767 g/mol. The second kappa shape index (κ2) is 11.8. The molecule has 0 saturated carbocycles. The molecule has 0 saturated heterocycles. The number of hydrogen-bond donors (Lipinski definition) is 0.